The van der Waals surface area contributed by atoms with E-state index in [1.807, 2.05) is 6.92 Å². The SMILES string of the molecule is CCSC(=S)SC(C)(CC(C)(CC(C)(C#N)CCC(=O)OCCN=[N+]=[N-])C(=O)NCCOC1OC(CO)C(O)C(O)C1O)C(=O)NCC(C)O. The number of nitrogens with zero attached hydrogens (tertiary/aromatic N) is 4. The van der Waals surface area contributed by atoms with Crippen LogP contribution in [0, 0.1) is 22.2 Å². The molecule has 0 aromatic rings. The van der Waals surface area contributed by atoms with Gasteiger partial charge in [0.15, 0.2) is 6.29 Å². The van der Waals surface area contributed by atoms with Crippen molar-refractivity contribution in [3.05, 3.63) is 10.4 Å². The van der Waals surface area contributed by atoms with Gasteiger partial charge in [-0.3, -0.25) is 14.4 Å². The first-order valence-corrected chi connectivity index (χ1v) is 18.2. The van der Waals surface area contributed by atoms with Gasteiger partial charge in [-0.15, -0.1) is 11.8 Å². The lowest BCUT2D eigenvalue weighted by molar-refractivity contribution is -0.300. The highest BCUT2D eigenvalue weighted by Gasteiger charge is 2.49. The molecule has 0 saturated carbocycles. The van der Waals surface area contributed by atoms with Crippen molar-refractivity contribution in [2.45, 2.75) is 102 Å². The summed E-state index contributed by atoms with van der Waals surface area (Å²) in [7, 11) is 0. The number of thiocarbonyl (C=S) groups is 1. The normalized spacial score (nSPS) is 24.5. The molecule has 0 spiro atoms. The van der Waals surface area contributed by atoms with Crippen LogP contribution in [0.5, 0.6) is 0 Å². The number of rotatable bonds is 21. The maximum absolute atomic E-state index is 14.1. The number of thioether (sulfide) groups is 2. The number of aliphatic hydroxyl groups is 5. The Hall–Kier alpha value is -2.28. The summed E-state index contributed by atoms with van der Waals surface area (Å²) >= 11 is 7.95. The fourth-order valence-electron chi connectivity index (χ4n) is 5.39. The Balaban J connectivity index is 3.31. The predicted octanol–water partition coefficient (Wildman–Crippen LogP) is 0.896. The number of nitriles is 1. The van der Waals surface area contributed by atoms with Gasteiger partial charge < -0.3 is 50.4 Å². The molecule has 0 radical (unpaired) electrons. The van der Waals surface area contributed by atoms with Gasteiger partial charge in [0.25, 0.3) is 0 Å². The second-order valence-corrected chi connectivity index (χ2v) is 16.6. The molecule has 0 aliphatic carbocycles. The predicted molar refractivity (Wildman–Crippen MR) is 189 cm³/mol. The zero-order valence-corrected chi connectivity index (χ0v) is 31.4. The van der Waals surface area contributed by atoms with E-state index in [1.54, 1.807) is 20.8 Å². The van der Waals surface area contributed by atoms with Gasteiger partial charge in [0.2, 0.25) is 11.8 Å². The van der Waals surface area contributed by atoms with Gasteiger partial charge in [-0.1, -0.05) is 42.9 Å². The van der Waals surface area contributed by atoms with E-state index in [0.29, 0.717) is 9.28 Å². The van der Waals surface area contributed by atoms with Gasteiger partial charge in [-0.25, -0.2) is 0 Å². The summed E-state index contributed by atoms with van der Waals surface area (Å²) in [5, 5.41) is 68.6. The second-order valence-electron chi connectivity index (χ2n) is 12.7. The van der Waals surface area contributed by atoms with E-state index in [0.717, 1.165) is 11.8 Å². The summed E-state index contributed by atoms with van der Waals surface area (Å²) in [4.78, 5) is 42.7. The summed E-state index contributed by atoms with van der Waals surface area (Å²) < 4.78 is 15.0. The third-order valence-corrected chi connectivity index (χ3v) is 10.5. The Bertz CT molecular complexity index is 1240. The molecule has 20 heteroatoms. The molecule has 284 valence electrons. The van der Waals surface area contributed by atoms with E-state index in [1.165, 1.54) is 18.7 Å². The third kappa shape index (κ3) is 14.8. The first-order valence-electron chi connectivity index (χ1n) is 16.0. The van der Waals surface area contributed by atoms with Gasteiger partial charge in [0.05, 0.1) is 48.7 Å². The van der Waals surface area contributed by atoms with Crippen molar-refractivity contribution in [3.8, 4) is 6.07 Å². The lowest BCUT2D eigenvalue weighted by Crippen LogP contribution is -2.59. The van der Waals surface area contributed by atoms with Crippen molar-refractivity contribution in [2.75, 3.05) is 45.2 Å². The minimum Gasteiger partial charge on any atom is -0.466 e. The van der Waals surface area contributed by atoms with E-state index in [2.05, 4.69) is 26.7 Å². The smallest absolute Gasteiger partial charge is 0.305 e. The average molecular weight is 767 g/mol. The highest BCUT2D eigenvalue weighted by molar-refractivity contribution is 8.47. The topological polar surface area (TPSA) is 277 Å². The van der Waals surface area contributed by atoms with Gasteiger partial charge >= 0.3 is 5.97 Å². The molecule has 1 aliphatic rings. The Labute approximate surface area is 305 Å². The summed E-state index contributed by atoms with van der Waals surface area (Å²) in [6.45, 7) is 6.92. The second kappa shape index (κ2) is 21.9. The molecule has 1 saturated heterocycles. The van der Waals surface area contributed by atoms with Crippen LogP contribution in [0.4, 0.5) is 0 Å². The molecule has 1 aliphatic heterocycles. The number of esters is 1. The van der Waals surface area contributed by atoms with Gasteiger partial charge in [0.1, 0.15) is 27.9 Å². The van der Waals surface area contributed by atoms with Crippen molar-refractivity contribution >= 4 is 57.1 Å². The monoisotopic (exact) mass is 766 g/mol. The van der Waals surface area contributed by atoms with E-state index in [9.17, 15) is 45.2 Å². The number of aliphatic hydroxyl groups excluding tert-OH is 5. The first-order chi connectivity index (χ1) is 23.4. The molecule has 9 unspecified atom stereocenters. The Kier molecular flexibility index (Phi) is 20.1. The number of carbonyl (C=O) groups is 3. The van der Waals surface area contributed by atoms with E-state index in [-0.39, 0.29) is 58.5 Å². The molecule has 9 atom stereocenters. The van der Waals surface area contributed by atoms with Crippen LogP contribution in [0.1, 0.15) is 60.3 Å². The standard InChI is InChI=1S/C30H50N6O11S3/c1-6-49-27(48)50-30(5,26(44)34-13-18(2)38)16-29(4,15-28(3,17-31)8-7-20(39)45-12-10-35-36-32)25(43)33-9-11-46-24-23(42)22(41)21(40)19(14-37)47-24/h18-19,21-24,37-38,40-42H,6-16H2,1-5H3,(H,33,43)(H,34,44). The Morgan fingerprint density at radius 1 is 1.12 bits per heavy atom. The van der Waals surface area contributed by atoms with Crippen LogP contribution in [-0.2, 0) is 28.6 Å². The summed E-state index contributed by atoms with van der Waals surface area (Å²) in [5.74, 6) is -1.06. The first kappa shape index (κ1) is 45.7. The maximum atomic E-state index is 14.1. The van der Waals surface area contributed by atoms with Crippen LogP contribution in [0.25, 0.3) is 10.4 Å². The van der Waals surface area contributed by atoms with Crippen molar-refractivity contribution in [2.24, 2.45) is 15.9 Å². The van der Waals surface area contributed by atoms with Crippen LogP contribution in [0.15, 0.2) is 5.11 Å². The minimum atomic E-state index is -1.65. The van der Waals surface area contributed by atoms with Crippen molar-refractivity contribution < 1.29 is 54.1 Å². The zero-order chi connectivity index (χ0) is 38.1. The molecule has 1 rings (SSSR count). The van der Waals surface area contributed by atoms with Crippen LogP contribution in [0.2, 0.25) is 0 Å². The number of ether oxygens (including phenoxy) is 3. The molecule has 2 amide bonds. The number of nitrogens with one attached hydrogen (secondary N) is 2. The van der Waals surface area contributed by atoms with Gasteiger partial charge in [-0.05, 0) is 51.3 Å². The number of carbonyl (C=O) groups excluding carboxylic acids is 3. The zero-order valence-electron chi connectivity index (χ0n) is 28.9. The minimum absolute atomic E-state index is 0.00484. The van der Waals surface area contributed by atoms with Crippen LogP contribution >= 0.6 is 35.7 Å². The highest BCUT2D eigenvalue weighted by Crippen LogP contribution is 2.47. The number of hydrogen-bond donors (Lipinski definition) is 7. The molecule has 1 fully saturated rings. The molecule has 7 N–H and O–H groups in total. The largest absolute Gasteiger partial charge is 0.466 e. The van der Waals surface area contributed by atoms with E-state index >= 15 is 0 Å². The molecule has 50 heavy (non-hydrogen) atoms. The fourth-order valence-corrected chi connectivity index (χ4v) is 8.59. The molecular formula is C30H50N6O11S3. The lowest BCUT2D eigenvalue weighted by atomic mass is 9.67. The van der Waals surface area contributed by atoms with Crippen LogP contribution in [-0.4, -0.2) is 134 Å². The van der Waals surface area contributed by atoms with E-state index in [4.69, 9.17) is 32.0 Å². The maximum Gasteiger partial charge on any atom is 0.305 e. The van der Waals surface area contributed by atoms with Crippen LogP contribution in [0.3, 0.4) is 0 Å². The van der Waals surface area contributed by atoms with Gasteiger partial charge in [-0.2, -0.15) is 5.26 Å². The molecule has 0 aromatic carbocycles. The summed E-state index contributed by atoms with van der Waals surface area (Å²) in [6.07, 6.45) is -8.75. The average Bonchev–Trinajstić information content (AvgIpc) is 3.06. The number of amides is 2. The molecule has 17 nitrogen and oxygen atoms in total. The fraction of sp³-hybridized carbons (Fsp3) is 0.833. The molecule has 0 bridgehead atoms. The number of azide groups is 1. The van der Waals surface area contributed by atoms with E-state index < -0.39 is 76.8 Å². The Morgan fingerprint density at radius 2 is 1.80 bits per heavy atom. The quantitative estimate of drug-likeness (QED) is 0.0213. The number of hydrogen-bond acceptors (Lipinski definition) is 16. The highest BCUT2D eigenvalue weighted by atomic mass is 32.2. The van der Waals surface area contributed by atoms with Crippen molar-refractivity contribution in [1.29, 1.82) is 5.26 Å². The Morgan fingerprint density at radius 3 is 2.38 bits per heavy atom. The molecular weight excluding hydrogens is 717 g/mol. The lowest BCUT2D eigenvalue weighted by Gasteiger charge is -2.41. The third-order valence-electron chi connectivity index (χ3n) is 7.85. The van der Waals surface area contributed by atoms with Gasteiger partial charge in [0, 0.05) is 29.8 Å². The van der Waals surface area contributed by atoms with Crippen LogP contribution < -0.4 is 10.6 Å². The molecule has 0 aromatic heterocycles. The summed E-state index contributed by atoms with van der Waals surface area (Å²) in [5.41, 5.74) is 5.68. The molecule has 1 heterocycles. The van der Waals surface area contributed by atoms with Crippen molar-refractivity contribution in [1.82, 2.24) is 10.6 Å². The summed E-state index contributed by atoms with van der Waals surface area (Å²) in [6, 6.07) is 2.21. The van der Waals surface area contributed by atoms with Crippen molar-refractivity contribution in [3.63, 3.8) is 0 Å².